The van der Waals surface area contributed by atoms with E-state index in [2.05, 4.69) is 10.2 Å². The summed E-state index contributed by atoms with van der Waals surface area (Å²) in [5.74, 6) is 2.11. The van der Waals surface area contributed by atoms with Crippen LogP contribution in [0.5, 0.6) is 11.5 Å². The van der Waals surface area contributed by atoms with E-state index in [1.54, 1.807) is 7.11 Å². The van der Waals surface area contributed by atoms with Gasteiger partial charge in [0.25, 0.3) is 5.56 Å². The highest BCUT2D eigenvalue weighted by molar-refractivity contribution is 5.63. The average molecular weight is 260 g/mol. The number of hydrogen-bond donors (Lipinski definition) is 2. The highest BCUT2D eigenvalue weighted by Crippen LogP contribution is 2.34. The molecule has 1 heterocycles. The summed E-state index contributed by atoms with van der Waals surface area (Å²) >= 11 is 0. The molecule has 0 amide bonds. The molecule has 2 aromatic rings. The summed E-state index contributed by atoms with van der Waals surface area (Å²) in [6, 6.07) is 7.15. The van der Waals surface area contributed by atoms with Crippen LogP contribution < -0.4 is 15.0 Å². The van der Waals surface area contributed by atoms with Gasteiger partial charge in [0.1, 0.15) is 0 Å². The molecule has 1 aromatic carbocycles. The number of hydrogen-bond acceptors (Lipinski definition) is 3. The predicted molar refractivity (Wildman–Crippen MR) is 71.6 cm³/mol. The fraction of sp³-hybridized carbons (Fsp3) is 0.357. The van der Waals surface area contributed by atoms with Gasteiger partial charge in [0.15, 0.2) is 11.5 Å². The molecule has 19 heavy (non-hydrogen) atoms. The summed E-state index contributed by atoms with van der Waals surface area (Å²) in [6.45, 7) is 0.726. The van der Waals surface area contributed by atoms with Crippen molar-refractivity contribution in [1.29, 1.82) is 0 Å². The number of H-pyrrole nitrogens is 2. The van der Waals surface area contributed by atoms with Crippen LogP contribution in [0, 0.1) is 5.92 Å². The molecule has 100 valence electrons. The van der Waals surface area contributed by atoms with E-state index in [0.29, 0.717) is 17.4 Å². The van der Waals surface area contributed by atoms with Crippen molar-refractivity contribution < 1.29 is 9.47 Å². The molecule has 0 saturated heterocycles. The van der Waals surface area contributed by atoms with Gasteiger partial charge < -0.3 is 9.47 Å². The lowest BCUT2D eigenvalue weighted by Gasteiger charge is -2.11. The molecule has 5 nitrogen and oxygen atoms in total. The smallest absolute Gasteiger partial charge is 0.264 e. The molecule has 0 unspecified atom stereocenters. The van der Waals surface area contributed by atoms with Crippen molar-refractivity contribution in [3.05, 3.63) is 34.6 Å². The Morgan fingerprint density at radius 3 is 2.68 bits per heavy atom. The van der Waals surface area contributed by atoms with Gasteiger partial charge in [0.05, 0.1) is 19.4 Å². The predicted octanol–water partition coefficient (Wildman–Crippen LogP) is 2.17. The number of aromatic nitrogens is 2. The maximum absolute atomic E-state index is 11.2. The largest absolute Gasteiger partial charge is 0.493 e. The molecular formula is C14H16N2O3. The zero-order valence-electron chi connectivity index (χ0n) is 10.7. The molecule has 1 aliphatic rings. The van der Waals surface area contributed by atoms with Gasteiger partial charge in [-0.15, -0.1) is 0 Å². The lowest BCUT2D eigenvalue weighted by atomic mass is 10.1. The standard InChI is InChI=1S/C14H16N2O3/c1-18-12-5-4-10(11-7-14(17)16-15-11)6-13(12)19-8-9-2-3-9/h4-7,9H,2-3,8H2,1H3,(H2,15,16,17). The maximum Gasteiger partial charge on any atom is 0.264 e. The van der Waals surface area contributed by atoms with Gasteiger partial charge in [-0.05, 0) is 37.0 Å². The van der Waals surface area contributed by atoms with Crippen molar-refractivity contribution in [2.45, 2.75) is 12.8 Å². The second-order valence-electron chi connectivity index (χ2n) is 4.79. The van der Waals surface area contributed by atoms with Crippen LogP contribution in [0.25, 0.3) is 11.3 Å². The highest BCUT2D eigenvalue weighted by atomic mass is 16.5. The Hall–Kier alpha value is -2.17. The molecule has 0 bridgehead atoms. The van der Waals surface area contributed by atoms with Crippen LogP contribution in [-0.4, -0.2) is 23.9 Å². The van der Waals surface area contributed by atoms with Gasteiger partial charge in [-0.2, -0.15) is 0 Å². The molecule has 0 aliphatic heterocycles. The Bertz CT molecular complexity index is 626. The number of benzene rings is 1. The summed E-state index contributed by atoms with van der Waals surface area (Å²) in [7, 11) is 1.62. The van der Waals surface area contributed by atoms with Crippen LogP contribution in [-0.2, 0) is 0 Å². The molecule has 1 fully saturated rings. The third-order valence-electron chi connectivity index (χ3n) is 3.24. The summed E-state index contributed by atoms with van der Waals surface area (Å²) in [5.41, 5.74) is 1.49. The number of nitrogens with one attached hydrogen (secondary N) is 2. The second-order valence-corrected chi connectivity index (χ2v) is 4.79. The lowest BCUT2D eigenvalue weighted by Crippen LogP contribution is -2.01. The van der Waals surface area contributed by atoms with Crippen molar-refractivity contribution in [1.82, 2.24) is 10.2 Å². The van der Waals surface area contributed by atoms with Gasteiger partial charge in [-0.25, -0.2) is 0 Å². The molecule has 1 aromatic heterocycles. The zero-order valence-corrected chi connectivity index (χ0v) is 10.7. The van der Waals surface area contributed by atoms with Gasteiger partial charge in [-0.1, -0.05) is 0 Å². The fourth-order valence-corrected chi connectivity index (χ4v) is 1.94. The van der Waals surface area contributed by atoms with Crippen LogP contribution in [0.2, 0.25) is 0 Å². The molecule has 0 spiro atoms. The first-order valence-corrected chi connectivity index (χ1v) is 6.35. The Balaban J connectivity index is 1.88. The van der Waals surface area contributed by atoms with E-state index < -0.39 is 0 Å². The van der Waals surface area contributed by atoms with Crippen LogP contribution in [0.15, 0.2) is 29.1 Å². The SMILES string of the molecule is COc1ccc(-c2cc(=O)[nH][nH]2)cc1OCC1CC1. The van der Waals surface area contributed by atoms with Crippen LogP contribution >= 0.6 is 0 Å². The normalized spacial score (nSPS) is 14.4. The van der Waals surface area contributed by atoms with E-state index in [1.165, 1.54) is 18.9 Å². The van der Waals surface area contributed by atoms with Crippen LogP contribution in [0.4, 0.5) is 0 Å². The topological polar surface area (TPSA) is 67.1 Å². The van der Waals surface area contributed by atoms with Crippen LogP contribution in [0.3, 0.4) is 0 Å². The van der Waals surface area contributed by atoms with Crippen molar-refractivity contribution in [3.63, 3.8) is 0 Å². The maximum atomic E-state index is 11.2. The molecule has 0 atom stereocenters. The third-order valence-corrected chi connectivity index (χ3v) is 3.24. The Labute approximate surface area is 110 Å². The van der Waals surface area contributed by atoms with Crippen molar-refractivity contribution in [3.8, 4) is 22.8 Å². The highest BCUT2D eigenvalue weighted by Gasteiger charge is 2.22. The first-order chi connectivity index (χ1) is 9.26. The Morgan fingerprint density at radius 2 is 2.05 bits per heavy atom. The number of aromatic amines is 2. The quantitative estimate of drug-likeness (QED) is 0.865. The first kappa shape index (κ1) is 11.9. The van der Waals surface area contributed by atoms with Gasteiger partial charge in [0.2, 0.25) is 0 Å². The number of ether oxygens (including phenoxy) is 2. The van der Waals surface area contributed by atoms with Gasteiger partial charge in [-0.3, -0.25) is 15.0 Å². The molecule has 5 heteroatoms. The minimum absolute atomic E-state index is 0.147. The number of rotatable bonds is 5. The van der Waals surface area contributed by atoms with Gasteiger partial charge in [0, 0.05) is 11.6 Å². The minimum Gasteiger partial charge on any atom is -0.493 e. The van der Waals surface area contributed by atoms with Crippen molar-refractivity contribution in [2.24, 2.45) is 5.92 Å². The molecule has 3 rings (SSSR count). The van der Waals surface area contributed by atoms with E-state index >= 15 is 0 Å². The summed E-state index contributed by atoms with van der Waals surface area (Å²) < 4.78 is 11.1. The lowest BCUT2D eigenvalue weighted by molar-refractivity contribution is 0.280. The summed E-state index contributed by atoms with van der Waals surface area (Å²) in [5, 5.41) is 5.35. The average Bonchev–Trinajstić information content (AvgIpc) is 3.16. The first-order valence-electron chi connectivity index (χ1n) is 6.35. The minimum atomic E-state index is -0.147. The van der Waals surface area contributed by atoms with Crippen molar-refractivity contribution >= 4 is 0 Å². The Morgan fingerprint density at radius 1 is 1.21 bits per heavy atom. The van der Waals surface area contributed by atoms with E-state index in [0.717, 1.165) is 17.9 Å². The summed E-state index contributed by atoms with van der Waals surface area (Å²) in [6.07, 6.45) is 2.49. The molecule has 0 radical (unpaired) electrons. The Kier molecular flexibility index (Phi) is 3.03. The molecule has 1 aliphatic carbocycles. The van der Waals surface area contributed by atoms with E-state index in [-0.39, 0.29) is 5.56 Å². The van der Waals surface area contributed by atoms with E-state index in [1.807, 2.05) is 18.2 Å². The number of methoxy groups -OCH3 is 1. The van der Waals surface area contributed by atoms with Crippen LogP contribution in [0.1, 0.15) is 12.8 Å². The van der Waals surface area contributed by atoms with Crippen molar-refractivity contribution in [2.75, 3.05) is 13.7 Å². The third kappa shape index (κ3) is 2.65. The van der Waals surface area contributed by atoms with E-state index in [9.17, 15) is 4.79 Å². The zero-order chi connectivity index (χ0) is 13.2. The molecular weight excluding hydrogens is 244 g/mol. The van der Waals surface area contributed by atoms with E-state index in [4.69, 9.17) is 9.47 Å². The second kappa shape index (κ2) is 4.84. The molecule has 1 saturated carbocycles. The van der Waals surface area contributed by atoms with Gasteiger partial charge >= 0.3 is 0 Å². The molecule has 2 N–H and O–H groups in total. The monoisotopic (exact) mass is 260 g/mol. The fourth-order valence-electron chi connectivity index (χ4n) is 1.94. The summed E-state index contributed by atoms with van der Waals surface area (Å²) in [4.78, 5) is 11.2.